The predicted molar refractivity (Wildman–Crippen MR) is 77.3 cm³/mol. The molecule has 1 unspecified atom stereocenters. The number of rotatable bonds is 5. The van der Waals surface area contributed by atoms with Crippen LogP contribution < -0.4 is 9.46 Å². The third-order valence-corrected chi connectivity index (χ3v) is 6.55. The van der Waals surface area contributed by atoms with Crippen LogP contribution >= 0.6 is 0 Å². The molecule has 1 aliphatic rings. The summed E-state index contributed by atoms with van der Waals surface area (Å²) in [6, 6.07) is 2.72. The smallest absolute Gasteiger partial charge is 0.339 e. The van der Waals surface area contributed by atoms with Crippen LogP contribution in [-0.2, 0) is 19.9 Å². The number of benzene rings is 1. The summed E-state index contributed by atoms with van der Waals surface area (Å²) >= 11 is 0. The Morgan fingerprint density at radius 3 is 2.59 bits per heavy atom. The van der Waals surface area contributed by atoms with E-state index in [-0.39, 0.29) is 34.1 Å². The van der Waals surface area contributed by atoms with E-state index in [2.05, 4.69) is 4.72 Å². The quantitative estimate of drug-likeness (QED) is 0.757. The molecule has 1 aromatic rings. The van der Waals surface area contributed by atoms with Crippen molar-refractivity contribution < 1.29 is 31.5 Å². The summed E-state index contributed by atoms with van der Waals surface area (Å²) in [7, 11) is -5.96. The maximum absolute atomic E-state index is 12.2. The van der Waals surface area contributed by atoms with Crippen LogP contribution in [-0.4, -0.2) is 52.6 Å². The molecule has 0 spiro atoms. The van der Waals surface area contributed by atoms with E-state index >= 15 is 0 Å². The summed E-state index contributed by atoms with van der Waals surface area (Å²) in [5.74, 6) is -1.61. The highest BCUT2D eigenvalue weighted by atomic mass is 32.2. The molecular formula is C12H15NO7S2. The molecule has 1 heterocycles. The molecule has 0 amide bonds. The molecule has 0 aliphatic carbocycles. The Balaban J connectivity index is 2.30. The van der Waals surface area contributed by atoms with E-state index in [1.807, 2.05) is 0 Å². The fraction of sp³-hybridized carbons (Fsp3) is 0.417. The number of aromatic carboxylic acids is 1. The van der Waals surface area contributed by atoms with Crippen LogP contribution in [0.4, 0.5) is 0 Å². The van der Waals surface area contributed by atoms with E-state index in [0.717, 1.165) is 6.07 Å². The molecule has 0 bridgehead atoms. The number of hydrogen-bond acceptors (Lipinski definition) is 6. The molecule has 1 aliphatic heterocycles. The highest BCUT2D eigenvalue weighted by Gasteiger charge is 2.31. The van der Waals surface area contributed by atoms with Gasteiger partial charge in [-0.3, -0.25) is 0 Å². The fourth-order valence-corrected chi connectivity index (χ4v) is 5.27. The summed E-state index contributed by atoms with van der Waals surface area (Å²) < 4.78 is 54.3. The number of hydrogen-bond donors (Lipinski definition) is 2. The van der Waals surface area contributed by atoms with E-state index in [4.69, 9.17) is 9.84 Å². The van der Waals surface area contributed by atoms with Gasteiger partial charge in [-0.2, -0.15) is 0 Å². The molecule has 0 radical (unpaired) electrons. The maximum Gasteiger partial charge on any atom is 0.339 e. The summed E-state index contributed by atoms with van der Waals surface area (Å²) in [5.41, 5.74) is -0.288. The van der Waals surface area contributed by atoms with Crippen LogP contribution in [0.1, 0.15) is 16.8 Å². The molecular weight excluding hydrogens is 334 g/mol. The largest absolute Gasteiger partial charge is 0.496 e. The lowest BCUT2D eigenvalue weighted by molar-refractivity contribution is 0.0693. The van der Waals surface area contributed by atoms with Gasteiger partial charge in [0.15, 0.2) is 9.84 Å². The first-order valence-electron chi connectivity index (χ1n) is 6.29. The minimum Gasteiger partial charge on any atom is -0.496 e. The van der Waals surface area contributed by atoms with Crippen LogP contribution in [0.15, 0.2) is 23.1 Å². The van der Waals surface area contributed by atoms with E-state index in [1.54, 1.807) is 0 Å². The lowest BCUT2D eigenvalue weighted by Crippen LogP contribution is -2.35. The van der Waals surface area contributed by atoms with Crippen LogP contribution in [0.5, 0.6) is 5.75 Å². The maximum atomic E-state index is 12.2. The second kappa shape index (κ2) is 5.86. The van der Waals surface area contributed by atoms with Gasteiger partial charge in [-0.25, -0.2) is 26.4 Å². The number of methoxy groups -OCH3 is 1. The zero-order valence-corrected chi connectivity index (χ0v) is 13.3. The van der Waals surface area contributed by atoms with Crippen LogP contribution in [0.3, 0.4) is 0 Å². The first-order valence-corrected chi connectivity index (χ1v) is 9.59. The first-order chi connectivity index (χ1) is 10.1. The first kappa shape index (κ1) is 16.7. The van der Waals surface area contributed by atoms with Crippen LogP contribution in [0, 0.1) is 0 Å². The minimum absolute atomic E-state index is 0.0369. The zero-order valence-electron chi connectivity index (χ0n) is 11.6. The van der Waals surface area contributed by atoms with Crippen molar-refractivity contribution >= 4 is 25.8 Å². The summed E-state index contributed by atoms with van der Waals surface area (Å²) in [5, 5.41) is 9.07. The molecule has 1 fully saturated rings. The Bertz CT molecular complexity index is 799. The molecule has 1 saturated heterocycles. The Morgan fingerprint density at radius 2 is 2.09 bits per heavy atom. The molecule has 8 nitrogen and oxygen atoms in total. The molecule has 122 valence electrons. The van der Waals surface area contributed by atoms with E-state index in [1.165, 1.54) is 19.2 Å². The highest BCUT2D eigenvalue weighted by molar-refractivity contribution is 7.92. The molecule has 1 atom stereocenters. The standard InChI is InChI=1S/C12H15NO7S2/c1-20-11-3-2-9(6-10(11)12(14)15)22(18,19)13-8-4-5-21(16,17)7-8/h2-3,6,8,13H,4-5,7H2,1H3,(H,14,15). The Kier molecular flexibility index (Phi) is 4.45. The highest BCUT2D eigenvalue weighted by Crippen LogP contribution is 2.23. The summed E-state index contributed by atoms with van der Waals surface area (Å²) in [6.45, 7) is 0. The Hall–Kier alpha value is -1.65. The minimum atomic E-state index is -4.01. The van der Waals surface area contributed by atoms with Gasteiger partial charge in [-0.05, 0) is 24.6 Å². The van der Waals surface area contributed by atoms with Gasteiger partial charge in [0.25, 0.3) is 0 Å². The molecule has 1 aromatic carbocycles. The van der Waals surface area contributed by atoms with Crippen molar-refractivity contribution in [2.45, 2.75) is 17.4 Å². The second-order valence-electron chi connectivity index (χ2n) is 4.89. The van der Waals surface area contributed by atoms with Crippen LogP contribution in [0.25, 0.3) is 0 Å². The topological polar surface area (TPSA) is 127 Å². The van der Waals surface area contributed by atoms with E-state index < -0.39 is 31.9 Å². The summed E-state index contributed by atoms with van der Waals surface area (Å²) in [6.07, 6.45) is 0.198. The van der Waals surface area contributed by atoms with Gasteiger partial charge in [-0.1, -0.05) is 0 Å². The van der Waals surface area contributed by atoms with E-state index in [0.29, 0.717) is 0 Å². The third kappa shape index (κ3) is 3.57. The lowest BCUT2D eigenvalue weighted by atomic mass is 10.2. The van der Waals surface area contributed by atoms with Gasteiger partial charge in [0, 0.05) is 6.04 Å². The van der Waals surface area contributed by atoms with Gasteiger partial charge in [0.2, 0.25) is 10.0 Å². The van der Waals surface area contributed by atoms with Crippen molar-refractivity contribution in [1.82, 2.24) is 4.72 Å². The lowest BCUT2D eigenvalue weighted by Gasteiger charge is -2.13. The van der Waals surface area contributed by atoms with Crippen molar-refractivity contribution in [3.05, 3.63) is 23.8 Å². The van der Waals surface area contributed by atoms with Crippen molar-refractivity contribution in [1.29, 1.82) is 0 Å². The number of sulfone groups is 1. The molecule has 2 rings (SSSR count). The average Bonchev–Trinajstić information content (AvgIpc) is 2.76. The molecule has 10 heteroatoms. The number of carboxylic acids is 1. The normalized spacial score (nSPS) is 20.7. The monoisotopic (exact) mass is 349 g/mol. The SMILES string of the molecule is COc1ccc(S(=O)(=O)NC2CCS(=O)(=O)C2)cc1C(=O)O. The van der Waals surface area contributed by atoms with Gasteiger partial charge in [-0.15, -0.1) is 0 Å². The number of carbonyl (C=O) groups is 1. The summed E-state index contributed by atoms with van der Waals surface area (Å²) in [4.78, 5) is 10.9. The fourth-order valence-electron chi connectivity index (χ4n) is 2.20. The molecule has 22 heavy (non-hydrogen) atoms. The van der Waals surface area contributed by atoms with Crippen molar-refractivity contribution in [2.24, 2.45) is 0 Å². The third-order valence-electron chi connectivity index (χ3n) is 3.27. The number of nitrogens with one attached hydrogen (secondary N) is 1. The molecule has 2 N–H and O–H groups in total. The van der Waals surface area contributed by atoms with Crippen molar-refractivity contribution in [3.63, 3.8) is 0 Å². The Labute approximate surface area is 128 Å². The molecule has 0 aromatic heterocycles. The number of sulfonamides is 1. The van der Waals surface area contributed by atoms with Crippen LogP contribution in [0.2, 0.25) is 0 Å². The van der Waals surface area contributed by atoms with Crippen molar-refractivity contribution in [3.8, 4) is 5.75 Å². The van der Waals surface area contributed by atoms with Gasteiger partial charge < -0.3 is 9.84 Å². The average molecular weight is 349 g/mol. The predicted octanol–water partition coefficient (Wildman–Crippen LogP) is -0.141. The zero-order chi connectivity index (χ0) is 16.5. The number of carboxylic acid groups (broad SMARTS) is 1. The van der Waals surface area contributed by atoms with E-state index in [9.17, 15) is 21.6 Å². The van der Waals surface area contributed by atoms with Gasteiger partial charge >= 0.3 is 5.97 Å². The van der Waals surface area contributed by atoms with Crippen molar-refractivity contribution in [2.75, 3.05) is 18.6 Å². The second-order valence-corrected chi connectivity index (χ2v) is 8.83. The van der Waals surface area contributed by atoms with Gasteiger partial charge in [0.1, 0.15) is 11.3 Å². The molecule has 0 saturated carbocycles. The number of ether oxygens (including phenoxy) is 1. The van der Waals surface area contributed by atoms with Gasteiger partial charge in [0.05, 0.1) is 23.5 Å². The Morgan fingerprint density at radius 1 is 1.41 bits per heavy atom.